The van der Waals surface area contributed by atoms with E-state index in [4.69, 9.17) is 23.7 Å². The molecule has 67 heavy (non-hydrogen) atoms. The standard InChI is InChI=1S/C53H73N3O11/c1-62-43-31-27-41(28-32-43)53(40-23-17-16-18-24-40,42-29-33-44(63-2)34-30-42)66-39-45-49(60)50(51(67-45)56-37-35-47(58)55-52(56)61)65-38-22-15-14-21-36-54-46(57)25-19-12-10-8-6-4-5-7-9-11-13-20-26-48(59)64-3/h16-18,23-24,27-35,37,45,49-51,60H,4-15,19-22,25-26,36,38-39H2,1-3H3,(H,54,57)(H,55,58,61)/t45-,49?,50+,51-/m1/s1. The molecule has 1 aliphatic heterocycles. The summed E-state index contributed by atoms with van der Waals surface area (Å²) in [7, 11) is 4.66. The number of aliphatic hydroxyl groups excluding tert-OH is 1. The number of aliphatic hydroxyl groups is 1. The van der Waals surface area contributed by atoms with Gasteiger partial charge in [0.15, 0.2) is 6.23 Å². The highest BCUT2D eigenvalue weighted by Crippen LogP contribution is 2.43. The van der Waals surface area contributed by atoms with Crippen LogP contribution in [-0.4, -0.2) is 85.9 Å². The van der Waals surface area contributed by atoms with E-state index >= 15 is 0 Å². The first-order valence-electron chi connectivity index (χ1n) is 24.3. The summed E-state index contributed by atoms with van der Waals surface area (Å²) in [6.45, 7) is 0.820. The number of rotatable bonds is 32. The number of benzene rings is 3. The second kappa shape index (κ2) is 28.8. The highest BCUT2D eigenvalue weighted by Gasteiger charge is 2.48. The normalized spacial score (nSPS) is 17.0. The molecular weight excluding hydrogens is 855 g/mol. The molecule has 4 aromatic rings. The van der Waals surface area contributed by atoms with Crippen LogP contribution in [-0.2, 0) is 34.1 Å². The number of aromatic amines is 1. The van der Waals surface area contributed by atoms with Crippen molar-refractivity contribution in [3.8, 4) is 11.5 Å². The zero-order valence-corrected chi connectivity index (χ0v) is 39.8. The molecule has 1 aromatic heterocycles. The molecule has 366 valence electrons. The number of aromatic nitrogens is 2. The van der Waals surface area contributed by atoms with Gasteiger partial charge in [-0.2, -0.15) is 0 Å². The summed E-state index contributed by atoms with van der Waals surface area (Å²) in [6, 6.07) is 26.3. The largest absolute Gasteiger partial charge is 0.497 e. The number of H-pyrrole nitrogens is 1. The van der Waals surface area contributed by atoms with Crippen LogP contribution < -0.4 is 26.0 Å². The van der Waals surface area contributed by atoms with Crippen LogP contribution in [0, 0.1) is 0 Å². The van der Waals surface area contributed by atoms with E-state index in [0.717, 1.165) is 68.1 Å². The zero-order chi connectivity index (χ0) is 47.7. The number of amides is 1. The van der Waals surface area contributed by atoms with Gasteiger partial charge in [0.05, 0.1) is 27.9 Å². The van der Waals surface area contributed by atoms with Crippen LogP contribution in [0.1, 0.15) is 138 Å². The molecule has 1 aliphatic rings. The lowest BCUT2D eigenvalue weighted by Gasteiger charge is -2.37. The molecule has 1 fully saturated rings. The van der Waals surface area contributed by atoms with Gasteiger partial charge >= 0.3 is 11.7 Å². The second-order valence-electron chi connectivity index (χ2n) is 17.3. The van der Waals surface area contributed by atoms with Gasteiger partial charge in [-0.25, -0.2) is 4.79 Å². The van der Waals surface area contributed by atoms with Crippen molar-refractivity contribution in [1.82, 2.24) is 14.9 Å². The minimum atomic E-state index is -1.20. The van der Waals surface area contributed by atoms with Crippen molar-refractivity contribution in [3.05, 3.63) is 129 Å². The molecule has 14 nitrogen and oxygen atoms in total. The van der Waals surface area contributed by atoms with Gasteiger partial charge in [0, 0.05) is 38.3 Å². The lowest BCUT2D eigenvalue weighted by atomic mass is 9.80. The maximum absolute atomic E-state index is 13.1. The summed E-state index contributed by atoms with van der Waals surface area (Å²) in [4.78, 5) is 51.0. The Morgan fingerprint density at radius 1 is 0.672 bits per heavy atom. The van der Waals surface area contributed by atoms with Crippen LogP contribution in [0.3, 0.4) is 0 Å². The minimum Gasteiger partial charge on any atom is -0.497 e. The molecule has 2 heterocycles. The van der Waals surface area contributed by atoms with E-state index in [2.05, 4.69) is 15.0 Å². The van der Waals surface area contributed by atoms with Crippen molar-refractivity contribution in [1.29, 1.82) is 0 Å². The summed E-state index contributed by atoms with van der Waals surface area (Å²) in [5.41, 5.74) is 0.0353. The molecule has 1 unspecified atom stereocenters. The van der Waals surface area contributed by atoms with E-state index in [0.29, 0.717) is 43.9 Å². The van der Waals surface area contributed by atoms with E-state index in [1.807, 2.05) is 78.9 Å². The number of nitrogens with one attached hydrogen (secondary N) is 2. The Balaban J connectivity index is 1.07. The molecule has 1 saturated heterocycles. The quantitative estimate of drug-likeness (QED) is 0.0243. The van der Waals surface area contributed by atoms with E-state index in [1.165, 1.54) is 68.9 Å². The number of ether oxygens (including phenoxy) is 6. The topological polar surface area (TPSA) is 177 Å². The summed E-state index contributed by atoms with van der Waals surface area (Å²) < 4.78 is 36.7. The number of hydrogen-bond acceptors (Lipinski definition) is 11. The van der Waals surface area contributed by atoms with Gasteiger partial charge in [-0.3, -0.25) is 23.9 Å². The van der Waals surface area contributed by atoms with E-state index in [1.54, 1.807) is 14.2 Å². The zero-order valence-electron chi connectivity index (χ0n) is 39.8. The fourth-order valence-electron chi connectivity index (χ4n) is 8.71. The smallest absolute Gasteiger partial charge is 0.330 e. The average molecular weight is 928 g/mol. The third-order valence-electron chi connectivity index (χ3n) is 12.5. The van der Waals surface area contributed by atoms with Crippen molar-refractivity contribution < 1.29 is 43.1 Å². The maximum Gasteiger partial charge on any atom is 0.330 e. The molecule has 4 atom stereocenters. The molecule has 0 saturated carbocycles. The number of hydrogen-bond donors (Lipinski definition) is 3. The van der Waals surface area contributed by atoms with Crippen LogP contribution in [0.4, 0.5) is 0 Å². The Morgan fingerprint density at radius 3 is 1.75 bits per heavy atom. The predicted octanol–water partition coefficient (Wildman–Crippen LogP) is 8.52. The van der Waals surface area contributed by atoms with Gasteiger partial charge in [0.2, 0.25) is 5.91 Å². The van der Waals surface area contributed by atoms with Gasteiger partial charge in [0.25, 0.3) is 5.56 Å². The Morgan fingerprint density at radius 2 is 1.19 bits per heavy atom. The summed E-state index contributed by atoms with van der Waals surface area (Å²) in [5.74, 6) is 1.34. The van der Waals surface area contributed by atoms with Crippen molar-refractivity contribution in [2.45, 2.75) is 146 Å². The van der Waals surface area contributed by atoms with Gasteiger partial charge in [0.1, 0.15) is 35.4 Å². The molecular formula is C53H73N3O11. The number of nitrogens with zero attached hydrogens (tertiary/aromatic N) is 1. The number of methoxy groups -OCH3 is 3. The van der Waals surface area contributed by atoms with Crippen LogP contribution in [0.5, 0.6) is 11.5 Å². The first-order chi connectivity index (χ1) is 32.7. The molecule has 0 spiro atoms. The van der Waals surface area contributed by atoms with E-state index in [9.17, 15) is 24.3 Å². The number of unbranched alkanes of at least 4 members (excludes halogenated alkanes) is 14. The molecule has 0 aliphatic carbocycles. The highest BCUT2D eigenvalue weighted by atomic mass is 16.6. The molecule has 3 N–H and O–H groups in total. The average Bonchev–Trinajstić information content (AvgIpc) is 3.66. The van der Waals surface area contributed by atoms with Crippen LogP contribution in [0.2, 0.25) is 0 Å². The summed E-state index contributed by atoms with van der Waals surface area (Å²) in [5, 5.41) is 14.9. The Bertz CT molecular complexity index is 2090. The number of carbonyl (C=O) groups is 2. The summed E-state index contributed by atoms with van der Waals surface area (Å²) in [6.07, 6.45) is 15.4. The summed E-state index contributed by atoms with van der Waals surface area (Å²) >= 11 is 0. The molecule has 5 rings (SSSR count). The van der Waals surface area contributed by atoms with Gasteiger partial charge in [-0.15, -0.1) is 0 Å². The van der Waals surface area contributed by atoms with Crippen LogP contribution in [0.25, 0.3) is 0 Å². The SMILES string of the molecule is COC(=O)CCCCCCCCCCCCCCC(=O)NCCCCCCO[C@H]1C(O)[C@@H](COC(c2ccccc2)(c2ccc(OC)cc2)c2ccc(OC)cc2)O[C@H]1n1ccc(=O)[nH]c1=O. The maximum atomic E-state index is 13.1. The monoisotopic (exact) mass is 928 g/mol. The van der Waals surface area contributed by atoms with Gasteiger partial charge in [-0.1, -0.05) is 132 Å². The molecule has 0 bridgehead atoms. The van der Waals surface area contributed by atoms with Crippen molar-refractivity contribution in [2.75, 3.05) is 41.1 Å². The fraction of sp³-hybridized carbons (Fsp3) is 0.547. The number of esters is 1. The van der Waals surface area contributed by atoms with E-state index < -0.39 is 41.4 Å². The first kappa shape index (κ1) is 52.7. The number of carbonyl (C=O) groups excluding carboxylic acids is 2. The minimum absolute atomic E-state index is 0.0984. The molecule has 1 amide bonds. The lowest BCUT2D eigenvalue weighted by molar-refractivity contribution is -0.140. The van der Waals surface area contributed by atoms with Crippen LogP contribution >= 0.6 is 0 Å². The van der Waals surface area contributed by atoms with E-state index in [-0.39, 0.29) is 18.5 Å². The fourth-order valence-corrected chi connectivity index (χ4v) is 8.71. The molecule has 3 aromatic carbocycles. The van der Waals surface area contributed by atoms with Crippen molar-refractivity contribution in [3.63, 3.8) is 0 Å². The van der Waals surface area contributed by atoms with Gasteiger partial charge < -0.3 is 38.8 Å². The molecule has 14 heteroatoms. The Labute approximate surface area is 395 Å². The van der Waals surface area contributed by atoms with Crippen molar-refractivity contribution >= 4 is 11.9 Å². The Kier molecular flexibility index (Phi) is 22.6. The predicted molar refractivity (Wildman–Crippen MR) is 257 cm³/mol. The van der Waals surface area contributed by atoms with Crippen LogP contribution in [0.15, 0.2) is 101 Å². The second-order valence-corrected chi connectivity index (χ2v) is 17.3. The molecule has 0 radical (unpaired) electrons. The third-order valence-corrected chi connectivity index (χ3v) is 12.5. The third kappa shape index (κ3) is 16.2. The van der Waals surface area contributed by atoms with Gasteiger partial charge in [-0.05, 0) is 66.6 Å². The first-order valence-corrected chi connectivity index (χ1v) is 24.3. The van der Waals surface area contributed by atoms with Crippen molar-refractivity contribution in [2.24, 2.45) is 0 Å². The Hall–Kier alpha value is -5.28. The highest BCUT2D eigenvalue weighted by molar-refractivity contribution is 5.75. The lowest BCUT2D eigenvalue weighted by Crippen LogP contribution is -2.41.